The standard InChI is InChI=1S/C18H16F6N2O/c19-12-9-14(16(21)15(20)10-12)17(26-7-5-25-6-8-26)11-1-3-13(4-2-11)27-18(22,23)24/h1-4,9-10,17,25H,5-8H2/t17-/m1/s1. The van der Waals surface area contributed by atoms with Crippen LogP contribution >= 0.6 is 0 Å². The van der Waals surface area contributed by atoms with Crippen molar-refractivity contribution >= 4 is 0 Å². The van der Waals surface area contributed by atoms with E-state index in [-0.39, 0.29) is 5.56 Å². The molecule has 9 heteroatoms. The van der Waals surface area contributed by atoms with Gasteiger partial charge in [0, 0.05) is 37.8 Å². The lowest BCUT2D eigenvalue weighted by Gasteiger charge is -2.35. The molecule has 146 valence electrons. The van der Waals surface area contributed by atoms with Gasteiger partial charge in [-0.25, -0.2) is 13.2 Å². The highest BCUT2D eigenvalue weighted by Crippen LogP contribution is 2.34. The molecule has 27 heavy (non-hydrogen) atoms. The highest BCUT2D eigenvalue weighted by atomic mass is 19.4. The zero-order chi connectivity index (χ0) is 19.6. The predicted molar refractivity (Wildman–Crippen MR) is 85.7 cm³/mol. The van der Waals surface area contributed by atoms with Crippen LogP contribution in [0.3, 0.4) is 0 Å². The Hall–Kier alpha value is -2.26. The summed E-state index contributed by atoms with van der Waals surface area (Å²) in [4.78, 5) is 1.81. The summed E-state index contributed by atoms with van der Waals surface area (Å²) in [7, 11) is 0. The van der Waals surface area contributed by atoms with Crippen LogP contribution in [0.2, 0.25) is 0 Å². The van der Waals surface area contributed by atoms with Crippen LogP contribution in [-0.4, -0.2) is 37.4 Å². The number of nitrogens with zero attached hydrogens (tertiary/aromatic N) is 1. The van der Waals surface area contributed by atoms with Crippen molar-refractivity contribution in [3.8, 4) is 5.75 Å². The van der Waals surface area contributed by atoms with Gasteiger partial charge in [0.15, 0.2) is 11.6 Å². The molecule has 1 aliphatic rings. The molecule has 0 spiro atoms. The maximum absolute atomic E-state index is 14.4. The fourth-order valence-electron chi connectivity index (χ4n) is 3.15. The molecular weight excluding hydrogens is 374 g/mol. The van der Waals surface area contributed by atoms with Crippen LogP contribution in [0.5, 0.6) is 5.75 Å². The molecule has 1 saturated heterocycles. The van der Waals surface area contributed by atoms with Crippen LogP contribution in [0, 0.1) is 17.5 Å². The molecule has 0 unspecified atom stereocenters. The van der Waals surface area contributed by atoms with E-state index in [1.54, 1.807) is 0 Å². The quantitative estimate of drug-likeness (QED) is 0.631. The molecule has 1 heterocycles. The Morgan fingerprint density at radius 3 is 2.19 bits per heavy atom. The number of piperazine rings is 1. The summed E-state index contributed by atoms with van der Waals surface area (Å²) in [5, 5.41) is 3.12. The molecule has 0 amide bonds. The molecule has 1 fully saturated rings. The summed E-state index contributed by atoms with van der Waals surface area (Å²) >= 11 is 0. The van der Waals surface area contributed by atoms with Crippen LogP contribution in [-0.2, 0) is 0 Å². The highest BCUT2D eigenvalue weighted by molar-refractivity contribution is 5.37. The minimum Gasteiger partial charge on any atom is -0.406 e. The van der Waals surface area contributed by atoms with Crippen molar-refractivity contribution in [2.45, 2.75) is 12.4 Å². The molecule has 0 radical (unpaired) electrons. The summed E-state index contributed by atoms with van der Waals surface area (Å²) in [6, 6.07) is 5.35. The molecule has 3 rings (SSSR count). The van der Waals surface area contributed by atoms with Gasteiger partial charge in [-0.15, -0.1) is 13.2 Å². The van der Waals surface area contributed by atoms with Crippen molar-refractivity contribution < 1.29 is 31.1 Å². The molecule has 1 aliphatic heterocycles. The molecule has 2 aromatic carbocycles. The molecule has 1 N–H and O–H groups in total. The molecule has 0 aromatic heterocycles. The number of rotatable bonds is 4. The Morgan fingerprint density at radius 2 is 1.59 bits per heavy atom. The Bertz CT molecular complexity index is 788. The van der Waals surface area contributed by atoms with E-state index in [9.17, 15) is 26.3 Å². The lowest BCUT2D eigenvalue weighted by atomic mass is 9.95. The summed E-state index contributed by atoms with van der Waals surface area (Å²) in [5.41, 5.74) is 0.189. The second-order valence-corrected chi connectivity index (χ2v) is 6.10. The smallest absolute Gasteiger partial charge is 0.406 e. The van der Waals surface area contributed by atoms with Crippen molar-refractivity contribution in [2.75, 3.05) is 26.2 Å². The van der Waals surface area contributed by atoms with Crippen molar-refractivity contribution in [3.05, 3.63) is 65.0 Å². The molecule has 0 bridgehead atoms. The van der Waals surface area contributed by atoms with Gasteiger partial charge in [0.2, 0.25) is 0 Å². The minimum atomic E-state index is -4.84. The Balaban J connectivity index is 2.00. The first-order valence-electron chi connectivity index (χ1n) is 8.19. The molecule has 0 saturated carbocycles. The largest absolute Gasteiger partial charge is 0.573 e. The van der Waals surface area contributed by atoms with E-state index in [0.29, 0.717) is 37.8 Å². The fraction of sp³-hybridized carbons (Fsp3) is 0.333. The fourth-order valence-corrected chi connectivity index (χ4v) is 3.15. The van der Waals surface area contributed by atoms with Gasteiger partial charge in [0.1, 0.15) is 11.6 Å². The number of nitrogens with one attached hydrogen (secondary N) is 1. The first kappa shape index (κ1) is 19.5. The van der Waals surface area contributed by atoms with Crippen molar-refractivity contribution in [1.82, 2.24) is 10.2 Å². The van der Waals surface area contributed by atoms with Gasteiger partial charge >= 0.3 is 6.36 Å². The Morgan fingerprint density at radius 1 is 0.963 bits per heavy atom. The normalized spacial score (nSPS) is 17.0. The van der Waals surface area contributed by atoms with Gasteiger partial charge in [-0.3, -0.25) is 4.90 Å². The maximum atomic E-state index is 14.4. The number of alkyl halides is 3. The number of hydrogen-bond donors (Lipinski definition) is 1. The topological polar surface area (TPSA) is 24.5 Å². The average molecular weight is 390 g/mol. The summed E-state index contributed by atoms with van der Waals surface area (Å²) < 4.78 is 82.7. The van der Waals surface area contributed by atoms with Gasteiger partial charge in [0.25, 0.3) is 0 Å². The minimum absolute atomic E-state index is 0.209. The number of ether oxygens (including phenoxy) is 1. The lowest BCUT2D eigenvalue weighted by Crippen LogP contribution is -2.45. The van der Waals surface area contributed by atoms with Crippen molar-refractivity contribution in [1.29, 1.82) is 0 Å². The van der Waals surface area contributed by atoms with E-state index >= 15 is 0 Å². The molecule has 3 nitrogen and oxygen atoms in total. The number of halogens is 6. The molecule has 2 aromatic rings. The zero-order valence-corrected chi connectivity index (χ0v) is 14.0. The van der Waals surface area contributed by atoms with E-state index in [4.69, 9.17) is 0 Å². The van der Waals surface area contributed by atoms with E-state index in [0.717, 1.165) is 18.2 Å². The maximum Gasteiger partial charge on any atom is 0.573 e. The molecule has 0 aliphatic carbocycles. The summed E-state index contributed by atoms with van der Waals surface area (Å²) in [6.45, 7) is 2.13. The SMILES string of the molecule is Fc1cc(F)c(F)c([C@@H](c2ccc(OC(F)(F)F)cc2)N2CCNCC2)c1. The zero-order valence-electron chi connectivity index (χ0n) is 14.0. The highest BCUT2D eigenvalue weighted by Gasteiger charge is 2.32. The molecule has 1 atom stereocenters. The van der Waals surface area contributed by atoms with Crippen LogP contribution in [0.15, 0.2) is 36.4 Å². The van der Waals surface area contributed by atoms with Gasteiger partial charge in [0.05, 0.1) is 6.04 Å². The third kappa shape index (κ3) is 4.72. The van der Waals surface area contributed by atoms with Crippen molar-refractivity contribution in [3.63, 3.8) is 0 Å². The van der Waals surface area contributed by atoms with E-state index in [2.05, 4.69) is 10.1 Å². The van der Waals surface area contributed by atoms with Crippen LogP contribution in [0.1, 0.15) is 17.2 Å². The third-order valence-electron chi connectivity index (χ3n) is 4.26. The second kappa shape index (κ2) is 7.77. The van der Waals surface area contributed by atoms with Gasteiger partial charge < -0.3 is 10.1 Å². The van der Waals surface area contributed by atoms with Gasteiger partial charge in [-0.05, 0) is 23.8 Å². The Labute approximate surface area is 151 Å². The molecular formula is C18H16F6N2O. The summed E-state index contributed by atoms with van der Waals surface area (Å²) in [6.07, 6.45) is -4.84. The van der Waals surface area contributed by atoms with Crippen LogP contribution in [0.4, 0.5) is 26.3 Å². The number of hydrogen-bond acceptors (Lipinski definition) is 3. The van der Waals surface area contributed by atoms with Gasteiger partial charge in [-0.2, -0.15) is 0 Å². The van der Waals surface area contributed by atoms with Crippen LogP contribution < -0.4 is 10.1 Å². The summed E-state index contributed by atoms with van der Waals surface area (Å²) in [5.74, 6) is -3.87. The second-order valence-electron chi connectivity index (χ2n) is 6.10. The van der Waals surface area contributed by atoms with Gasteiger partial charge in [-0.1, -0.05) is 12.1 Å². The lowest BCUT2D eigenvalue weighted by molar-refractivity contribution is -0.274. The third-order valence-corrected chi connectivity index (χ3v) is 4.26. The monoisotopic (exact) mass is 390 g/mol. The Kier molecular flexibility index (Phi) is 5.61. The van der Waals surface area contributed by atoms with E-state index < -0.39 is 35.6 Å². The van der Waals surface area contributed by atoms with Crippen LogP contribution in [0.25, 0.3) is 0 Å². The van der Waals surface area contributed by atoms with E-state index in [1.165, 1.54) is 12.1 Å². The number of benzene rings is 2. The first-order valence-corrected chi connectivity index (χ1v) is 8.19. The predicted octanol–water partition coefficient (Wildman–Crippen LogP) is 4.00. The van der Waals surface area contributed by atoms with Crippen molar-refractivity contribution in [2.24, 2.45) is 0 Å². The average Bonchev–Trinajstić information content (AvgIpc) is 2.60. The van der Waals surface area contributed by atoms with E-state index in [1.807, 2.05) is 4.90 Å². The first-order chi connectivity index (χ1) is 12.7.